The minimum Gasteiger partial charge on any atom is -0.311 e. The van der Waals surface area contributed by atoms with Crippen LogP contribution in [-0.2, 0) is 6.42 Å². The van der Waals surface area contributed by atoms with E-state index in [1.165, 1.54) is 47.3 Å². The summed E-state index contributed by atoms with van der Waals surface area (Å²) in [6.07, 6.45) is 6.57. The summed E-state index contributed by atoms with van der Waals surface area (Å²) in [5, 5.41) is 3.71. The molecule has 0 aromatic carbocycles. The van der Waals surface area contributed by atoms with E-state index in [1.54, 1.807) is 0 Å². The highest BCUT2D eigenvalue weighted by Gasteiger charge is 2.25. The van der Waals surface area contributed by atoms with Crippen LogP contribution in [-0.4, -0.2) is 12.1 Å². The van der Waals surface area contributed by atoms with Crippen LogP contribution in [0.4, 0.5) is 0 Å². The van der Waals surface area contributed by atoms with Gasteiger partial charge in [-0.25, -0.2) is 0 Å². The Morgan fingerprint density at radius 1 is 1.40 bits per heavy atom. The van der Waals surface area contributed by atoms with Gasteiger partial charge in [0.15, 0.2) is 0 Å². The fraction of sp³-hybridized carbons (Fsp3) is 0.667. The summed E-state index contributed by atoms with van der Waals surface area (Å²) in [6, 6.07) is 4.40. The topological polar surface area (TPSA) is 12.0 Å². The lowest BCUT2D eigenvalue weighted by Crippen LogP contribution is -2.43. The first-order chi connectivity index (χ1) is 7.18. The van der Waals surface area contributed by atoms with Crippen molar-refractivity contribution < 1.29 is 0 Å². The Balaban J connectivity index is 2.02. The van der Waals surface area contributed by atoms with Crippen molar-refractivity contribution in [1.82, 2.24) is 5.32 Å². The fourth-order valence-corrected chi connectivity index (χ4v) is 3.95. The van der Waals surface area contributed by atoms with Crippen molar-refractivity contribution in [3.8, 4) is 0 Å². The van der Waals surface area contributed by atoms with Gasteiger partial charge >= 0.3 is 0 Å². The average Bonchev–Trinajstić information content (AvgIpc) is 2.46. The van der Waals surface area contributed by atoms with Gasteiger partial charge in [0.1, 0.15) is 0 Å². The van der Waals surface area contributed by atoms with E-state index < -0.39 is 0 Å². The molecule has 1 nitrogen and oxygen atoms in total. The van der Waals surface area contributed by atoms with E-state index in [0.717, 1.165) is 0 Å². The molecule has 0 bridgehead atoms. The van der Waals surface area contributed by atoms with E-state index in [0.29, 0.717) is 5.54 Å². The Kier molecular flexibility index (Phi) is 3.86. The smallest absolute Gasteiger partial charge is 0.0701 e. The zero-order valence-corrected chi connectivity index (χ0v) is 11.6. The highest BCUT2D eigenvalue weighted by atomic mass is 79.9. The predicted molar refractivity (Wildman–Crippen MR) is 70.6 cm³/mol. The van der Waals surface area contributed by atoms with Crippen molar-refractivity contribution in [2.75, 3.05) is 6.54 Å². The van der Waals surface area contributed by atoms with Gasteiger partial charge in [0.2, 0.25) is 0 Å². The van der Waals surface area contributed by atoms with Crippen LogP contribution in [0.15, 0.2) is 15.9 Å². The number of nitrogens with one attached hydrogen (secondary N) is 1. The molecule has 1 aliphatic heterocycles. The second-order valence-corrected chi connectivity index (χ2v) is 7.23. The molecule has 2 heterocycles. The maximum absolute atomic E-state index is 3.71. The molecule has 0 spiro atoms. The van der Waals surface area contributed by atoms with Gasteiger partial charge in [-0.2, -0.15) is 0 Å². The van der Waals surface area contributed by atoms with E-state index in [-0.39, 0.29) is 0 Å². The molecule has 0 aliphatic carbocycles. The summed E-state index contributed by atoms with van der Waals surface area (Å²) in [5.41, 5.74) is 0.320. The van der Waals surface area contributed by atoms with Gasteiger partial charge in [-0.15, -0.1) is 11.3 Å². The summed E-state index contributed by atoms with van der Waals surface area (Å²) in [7, 11) is 0. The minimum absolute atomic E-state index is 0.320. The van der Waals surface area contributed by atoms with Crippen molar-refractivity contribution >= 4 is 27.3 Å². The third-order valence-corrected chi connectivity index (χ3v) is 4.77. The molecule has 0 amide bonds. The maximum Gasteiger partial charge on any atom is 0.0701 e. The molecule has 0 saturated carbocycles. The predicted octanol–water partition coefficient (Wildman–Crippen LogP) is 3.98. The zero-order chi connectivity index (χ0) is 10.7. The van der Waals surface area contributed by atoms with Gasteiger partial charge in [0.25, 0.3) is 0 Å². The summed E-state index contributed by atoms with van der Waals surface area (Å²) in [4.78, 5) is 1.48. The van der Waals surface area contributed by atoms with Crippen molar-refractivity contribution in [1.29, 1.82) is 0 Å². The van der Waals surface area contributed by atoms with Crippen molar-refractivity contribution in [2.24, 2.45) is 0 Å². The number of hydrogen-bond acceptors (Lipinski definition) is 2. The first kappa shape index (κ1) is 11.6. The lowest BCUT2D eigenvalue weighted by Gasteiger charge is -2.28. The largest absolute Gasteiger partial charge is 0.311 e. The molecular weight excluding hydrogens is 270 g/mol. The number of hydrogen-bond donors (Lipinski definition) is 1. The van der Waals surface area contributed by atoms with E-state index in [1.807, 2.05) is 11.3 Å². The molecule has 15 heavy (non-hydrogen) atoms. The Bertz CT molecular complexity index is 313. The van der Waals surface area contributed by atoms with E-state index in [2.05, 4.69) is 40.3 Å². The van der Waals surface area contributed by atoms with Crippen LogP contribution in [0.2, 0.25) is 0 Å². The van der Waals surface area contributed by atoms with Crippen LogP contribution in [0.25, 0.3) is 0 Å². The number of halogens is 1. The van der Waals surface area contributed by atoms with E-state index >= 15 is 0 Å². The number of thiophene rings is 1. The van der Waals surface area contributed by atoms with Crippen LogP contribution in [0.5, 0.6) is 0 Å². The molecule has 1 fully saturated rings. The average molecular weight is 288 g/mol. The third kappa shape index (κ3) is 3.30. The highest BCUT2D eigenvalue weighted by molar-refractivity contribution is 9.11. The highest BCUT2D eigenvalue weighted by Crippen LogP contribution is 2.28. The summed E-state index contributed by atoms with van der Waals surface area (Å²) in [5.74, 6) is 0. The molecule has 1 unspecified atom stereocenters. The molecule has 1 aromatic rings. The summed E-state index contributed by atoms with van der Waals surface area (Å²) in [6.45, 7) is 3.55. The second-order valence-electron chi connectivity index (χ2n) is 4.68. The third-order valence-electron chi connectivity index (χ3n) is 3.15. The second kappa shape index (κ2) is 4.98. The van der Waals surface area contributed by atoms with Gasteiger partial charge < -0.3 is 5.32 Å². The molecule has 3 heteroatoms. The van der Waals surface area contributed by atoms with E-state index in [9.17, 15) is 0 Å². The summed E-state index contributed by atoms with van der Waals surface area (Å²) >= 11 is 5.39. The Labute approximate surface area is 104 Å². The van der Waals surface area contributed by atoms with Crippen molar-refractivity contribution in [3.05, 3.63) is 20.8 Å². The Morgan fingerprint density at radius 3 is 3.00 bits per heavy atom. The monoisotopic (exact) mass is 287 g/mol. The maximum atomic E-state index is 3.71. The van der Waals surface area contributed by atoms with Crippen LogP contribution < -0.4 is 5.32 Å². The van der Waals surface area contributed by atoms with E-state index in [4.69, 9.17) is 0 Å². The molecule has 1 N–H and O–H groups in total. The quantitative estimate of drug-likeness (QED) is 0.868. The molecule has 84 valence electrons. The van der Waals surface area contributed by atoms with Gasteiger partial charge in [-0.3, -0.25) is 0 Å². The minimum atomic E-state index is 0.320. The van der Waals surface area contributed by atoms with Crippen LogP contribution in [0.1, 0.15) is 37.5 Å². The number of rotatable bonds is 2. The van der Waals surface area contributed by atoms with Gasteiger partial charge in [-0.05, 0) is 60.8 Å². The van der Waals surface area contributed by atoms with Gasteiger partial charge in [0.05, 0.1) is 3.79 Å². The molecule has 1 aromatic heterocycles. The lowest BCUT2D eigenvalue weighted by atomic mass is 9.91. The van der Waals surface area contributed by atoms with Gasteiger partial charge in [-0.1, -0.05) is 12.8 Å². The first-order valence-corrected chi connectivity index (χ1v) is 7.28. The lowest BCUT2D eigenvalue weighted by molar-refractivity contribution is 0.348. The van der Waals surface area contributed by atoms with Gasteiger partial charge in [0, 0.05) is 10.4 Å². The molecular formula is C12H18BrNS. The zero-order valence-electron chi connectivity index (χ0n) is 9.18. The standard InChI is InChI=1S/C12H18BrNS/c1-12(7-3-2-4-8-14-12)9-10-5-6-11(13)15-10/h5-6,14H,2-4,7-9H2,1H3. The first-order valence-electron chi connectivity index (χ1n) is 5.67. The molecule has 1 saturated heterocycles. The Morgan fingerprint density at radius 2 is 2.27 bits per heavy atom. The van der Waals surface area contributed by atoms with Crippen LogP contribution in [0.3, 0.4) is 0 Å². The molecule has 1 aliphatic rings. The summed E-state index contributed by atoms with van der Waals surface area (Å²) < 4.78 is 1.25. The van der Waals surface area contributed by atoms with Crippen LogP contribution >= 0.6 is 27.3 Å². The van der Waals surface area contributed by atoms with Crippen molar-refractivity contribution in [2.45, 2.75) is 44.6 Å². The fourth-order valence-electron chi connectivity index (χ4n) is 2.28. The molecule has 1 atom stereocenters. The SMILES string of the molecule is CC1(Cc2ccc(Br)s2)CCCCCN1. The van der Waals surface area contributed by atoms with Crippen molar-refractivity contribution in [3.63, 3.8) is 0 Å². The molecule has 2 rings (SSSR count). The Hall–Kier alpha value is 0.140. The molecule has 0 radical (unpaired) electrons. The van der Waals surface area contributed by atoms with Crippen LogP contribution in [0, 0.1) is 0 Å². The normalized spacial score (nSPS) is 27.6.